The van der Waals surface area contributed by atoms with Crippen LogP contribution in [0.25, 0.3) is 87.9 Å². The van der Waals surface area contributed by atoms with E-state index in [1.807, 2.05) is 85.2 Å². The van der Waals surface area contributed by atoms with E-state index in [0.717, 1.165) is 70.4 Å². The van der Waals surface area contributed by atoms with Gasteiger partial charge in [-0.2, -0.15) is 0 Å². The molecule has 0 fully saturated rings. The highest BCUT2D eigenvalue weighted by Crippen LogP contribution is 2.35. The van der Waals surface area contributed by atoms with Gasteiger partial charge in [-0.25, -0.2) is 19.9 Å². The Labute approximate surface area is 274 Å². The lowest BCUT2D eigenvalue weighted by Crippen LogP contribution is -2.00. The van der Waals surface area contributed by atoms with Gasteiger partial charge in [-0.15, -0.1) is 11.3 Å². The number of hydrogen-bond donors (Lipinski definition) is 0. The summed E-state index contributed by atoms with van der Waals surface area (Å²) in [6, 6.07) is 45.2. The largest absolute Gasteiger partial charge is 0.255 e. The van der Waals surface area contributed by atoms with E-state index in [4.69, 9.17) is 24.9 Å². The van der Waals surface area contributed by atoms with E-state index < -0.39 is 0 Å². The molecule has 0 amide bonds. The Balaban J connectivity index is 1.10. The average molecular weight is 621 g/mol. The molecule has 0 N–H and O–H groups in total. The van der Waals surface area contributed by atoms with Crippen LogP contribution < -0.4 is 0 Å². The van der Waals surface area contributed by atoms with Crippen LogP contribution in [-0.4, -0.2) is 29.9 Å². The quantitative estimate of drug-likeness (QED) is 0.191. The standard InChI is InChI=1S/C40H24N6S/c1-3-9-26(10-4-1)37-44-38(27-11-5-2-6-12-27)46-39(45-37)28-18-16-25(17-19-28)30-14-7-13-29-24-42-34(23-32(29)30)33-21-20-31-36-35(15-8-22-41-36)47-40(31)43-33/h1-24H. The number of rotatable bonds is 5. The number of pyridine rings is 3. The molecule has 5 aromatic heterocycles. The van der Waals surface area contributed by atoms with Crippen molar-refractivity contribution in [3.8, 4) is 56.7 Å². The fraction of sp³-hybridized carbons (Fsp3) is 0. The van der Waals surface area contributed by atoms with Crippen LogP contribution in [0.15, 0.2) is 146 Å². The lowest BCUT2D eigenvalue weighted by molar-refractivity contribution is 1.07. The summed E-state index contributed by atoms with van der Waals surface area (Å²) >= 11 is 1.66. The Morgan fingerprint density at radius 3 is 1.81 bits per heavy atom. The highest BCUT2D eigenvalue weighted by atomic mass is 32.1. The van der Waals surface area contributed by atoms with Crippen LogP contribution in [0.2, 0.25) is 0 Å². The first-order valence-corrected chi connectivity index (χ1v) is 16.1. The summed E-state index contributed by atoms with van der Waals surface area (Å²) in [7, 11) is 0. The number of benzene rings is 4. The highest BCUT2D eigenvalue weighted by molar-refractivity contribution is 7.25. The van der Waals surface area contributed by atoms with Gasteiger partial charge in [0.05, 0.1) is 21.6 Å². The molecule has 47 heavy (non-hydrogen) atoms. The molecule has 0 unspecified atom stereocenters. The minimum atomic E-state index is 0.631. The zero-order valence-corrected chi connectivity index (χ0v) is 25.8. The van der Waals surface area contributed by atoms with E-state index >= 15 is 0 Å². The van der Waals surface area contributed by atoms with Crippen LogP contribution in [0, 0.1) is 0 Å². The maximum absolute atomic E-state index is 4.99. The first kappa shape index (κ1) is 27.2. The fourth-order valence-electron chi connectivity index (χ4n) is 5.92. The monoisotopic (exact) mass is 620 g/mol. The summed E-state index contributed by atoms with van der Waals surface area (Å²) < 4.78 is 1.13. The normalized spacial score (nSPS) is 11.4. The van der Waals surface area contributed by atoms with Crippen molar-refractivity contribution in [2.75, 3.05) is 0 Å². The van der Waals surface area contributed by atoms with Crippen molar-refractivity contribution in [1.82, 2.24) is 29.9 Å². The van der Waals surface area contributed by atoms with E-state index in [-0.39, 0.29) is 0 Å². The van der Waals surface area contributed by atoms with E-state index in [9.17, 15) is 0 Å². The van der Waals surface area contributed by atoms with E-state index in [2.05, 4.69) is 65.6 Å². The maximum atomic E-state index is 4.99. The van der Waals surface area contributed by atoms with Gasteiger partial charge < -0.3 is 0 Å². The van der Waals surface area contributed by atoms with Crippen LogP contribution in [0.1, 0.15) is 0 Å². The van der Waals surface area contributed by atoms with Crippen molar-refractivity contribution < 1.29 is 0 Å². The molecule has 0 aliphatic carbocycles. The number of thiophene rings is 1. The van der Waals surface area contributed by atoms with Crippen LogP contribution in [-0.2, 0) is 0 Å². The molecule has 0 saturated heterocycles. The minimum absolute atomic E-state index is 0.631. The lowest BCUT2D eigenvalue weighted by atomic mass is 9.97. The lowest BCUT2D eigenvalue weighted by Gasteiger charge is -2.11. The number of hydrogen-bond acceptors (Lipinski definition) is 7. The molecule has 0 radical (unpaired) electrons. The van der Waals surface area contributed by atoms with Gasteiger partial charge in [-0.3, -0.25) is 9.97 Å². The molecule has 0 saturated carbocycles. The summed E-state index contributed by atoms with van der Waals surface area (Å²) in [6.45, 7) is 0. The molecule has 6 nitrogen and oxygen atoms in total. The third-order valence-corrected chi connectivity index (χ3v) is 9.33. The van der Waals surface area contributed by atoms with Crippen LogP contribution in [0.3, 0.4) is 0 Å². The first-order chi connectivity index (χ1) is 23.3. The van der Waals surface area contributed by atoms with E-state index in [1.54, 1.807) is 11.3 Å². The Kier molecular flexibility index (Phi) is 6.54. The Morgan fingerprint density at radius 2 is 1.11 bits per heavy atom. The van der Waals surface area contributed by atoms with Crippen molar-refractivity contribution >= 4 is 42.5 Å². The molecule has 9 rings (SSSR count). The molecule has 4 aromatic carbocycles. The fourth-order valence-corrected chi connectivity index (χ4v) is 6.95. The first-order valence-electron chi connectivity index (χ1n) is 15.3. The van der Waals surface area contributed by atoms with Gasteiger partial charge in [-0.1, -0.05) is 103 Å². The van der Waals surface area contributed by atoms with Crippen molar-refractivity contribution in [3.05, 3.63) is 146 Å². The van der Waals surface area contributed by atoms with Crippen molar-refractivity contribution in [2.24, 2.45) is 0 Å². The Hall–Kier alpha value is -6.18. The predicted octanol–water partition coefficient (Wildman–Crippen LogP) is 9.91. The van der Waals surface area contributed by atoms with Crippen molar-refractivity contribution in [1.29, 1.82) is 0 Å². The zero-order valence-electron chi connectivity index (χ0n) is 24.9. The van der Waals surface area contributed by atoms with E-state index in [0.29, 0.717) is 17.5 Å². The zero-order chi connectivity index (χ0) is 31.2. The second kappa shape index (κ2) is 11.3. The molecule has 0 atom stereocenters. The molecule has 0 spiro atoms. The number of aromatic nitrogens is 6. The summed E-state index contributed by atoms with van der Waals surface area (Å²) in [5.41, 5.74) is 7.70. The van der Waals surface area contributed by atoms with Gasteiger partial charge in [0.1, 0.15) is 4.83 Å². The number of fused-ring (bicyclic) bond motifs is 4. The summed E-state index contributed by atoms with van der Waals surface area (Å²) in [4.78, 5) is 29.9. The second-order valence-corrected chi connectivity index (χ2v) is 12.2. The third-order valence-electron chi connectivity index (χ3n) is 8.27. The Morgan fingerprint density at radius 1 is 0.447 bits per heavy atom. The molecule has 220 valence electrons. The number of nitrogens with zero attached hydrogens (tertiary/aromatic N) is 6. The molecule has 0 bridgehead atoms. The van der Waals surface area contributed by atoms with Gasteiger partial charge in [0.15, 0.2) is 17.5 Å². The Bertz CT molecular complexity index is 2510. The van der Waals surface area contributed by atoms with Gasteiger partial charge in [-0.05, 0) is 46.8 Å². The molecular weight excluding hydrogens is 597 g/mol. The molecule has 9 aromatic rings. The molecular formula is C40H24N6S. The SMILES string of the molecule is c1ccc(-c2nc(-c3ccccc3)nc(-c3ccc(-c4cccc5cnc(-c6ccc7c(n6)sc6cccnc67)cc45)cc3)n2)cc1. The molecule has 5 heterocycles. The minimum Gasteiger partial charge on any atom is -0.255 e. The molecule has 0 aliphatic heterocycles. The summed E-state index contributed by atoms with van der Waals surface area (Å²) in [5.74, 6) is 1.92. The predicted molar refractivity (Wildman–Crippen MR) is 191 cm³/mol. The van der Waals surface area contributed by atoms with Crippen molar-refractivity contribution in [3.63, 3.8) is 0 Å². The van der Waals surface area contributed by atoms with Crippen LogP contribution >= 0.6 is 11.3 Å². The van der Waals surface area contributed by atoms with Gasteiger partial charge >= 0.3 is 0 Å². The summed E-state index contributed by atoms with van der Waals surface area (Å²) in [6.07, 6.45) is 3.76. The smallest absolute Gasteiger partial charge is 0.164 e. The second-order valence-electron chi connectivity index (χ2n) is 11.2. The average Bonchev–Trinajstić information content (AvgIpc) is 3.53. The summed E-state index contributed by atoms with van der Waals surface area (Å²) in [5, 5.41) is 3.25. The topological polar surface area (TPSA) is 77.3 Å². The molecule has 7 heteroatoms. The van der Waals surface area contributed by atoms with E-state index in [1.165, 1.54) is 0 Å². The van der Waals surface area contributed by atoms with Crippen molar-refractivity contribution in [2.45, 2.75) is 0 Å². The molecule has 0 aliphatic rings. The van der Waals surface area contributed by atoms with Gasteiger partial charge in [0.25, 0.3) is 0 Å². The van der Waals surface area contributed by atoms with Gasteiger partial charge in [0, 0.05) is 39.9 Å². The maximum Gasteiger partial charge on any atom is 0.164 e. The van der Waals surface area contributed by atoms with Crippen LogP contribution in [0.5, 0.6) is 0 Å². The highest BCUT2D eigenvalue weighted by Gasteiger charge is 2.14. The van der Waals surface area contributed by atoms with Gasteiger partial charge in [0.2, 0.25) is 0 Å². The third kappa shape index (κ3) is 4.99. The van der Waals surface area contributed by atoms with Crippen LogP contribution in [0.4, 0.5) is 0 Å².